The van der Waals surface area contributed by atoms with Crippen molar-refractivity contribution >= 4 is 0 Å². The molecule has 0 bridgehead atoms. The number of benzene rings is 1. The lowest BCUT2D eigenvalue weighted by atomic mass is 10.1. The summed E-state index contributed by atoms with van der Waals surface area (Å²) in [6, 6.07) is 7.34. The van der Waals surface area contributed by atoms with Crippen molar-refractivity contribution in [3.8, 4) is 5.75 Å². The van der Waals surface area contributed by atoms with Crippen LogP contribution in [0.4, 0.5) is 0 Å². The molecule has 0 fully saturated rings. The van der Waals surface area contributed by atoms with Crippen LogP contribution in [0.1, 0.15) is 18.3 Å². The van der Waals surface area contributed by atoms with Crippen LogP contribution in [0, 0.1) is 0 Å². The van der Waals surface area contributed by atoms with E-state index < -0.39 is 0 Å². The maximum Gasteiger partial charge on any atom is 0.122 e. The second-order valence-corrected chi connectivity index (χ2v) is 4.22. The van der Waals surface area contributed by atoms with E-state index in [1.165, 1.54) is 5.56 Å². The van der Waals surface area contributed by atoms with Crippen LogP contribution in [0.15, 0.2) is 36.7 Å². The summed E-state index contributed by atoms with van der Waals surface area (Å²) in [7, 11) is 0. The van der Waals surface area contributed by atoms with Gasteiger partial charge >= 0.3 is 0 Å². The predicted octanol–water partition coefficient (Wildman–Crippen LogP) is 1.94. The van der Waals surface area contributed by atoms with Crippen LogP contribution in [0.2, 0.25) is 0 Å². The van der Waals surface area contributed by atoms with Gasteiger partial charge in [0.2, 0.25) is 0 Å². The molecule has 0 amide bonds. The summed E-state index contributed by atoms with van der Waals surface area (Å²) >= 11 is 0. The van der Waals surface area contributed by atoms with Gasteiger partial charge in [0.05, 0.1) is 6.54 Å². The molecule has 18 heavy (non-hydrogen) atoms. The van der Waals surface area contributed by atoms with E-state index in [0.717, 1.165) is 31.9 Å². The Kier molecular flexibility index (Phi) is 4.36. The van der Waals surface area contributed by atoms with E-state index in [1.54, 1.807) is 12.1 Å². The Morgan fingerprint density at radius 2 is 2.06 bits per heavy atom. The Labute approximate surface area is 107 Å². The molecule has 96 valence electrons. The van der Waals surface area contributed by atoms with E-state index in [0.29, 0.717) is 5.75 Å². The second kappa shape index (κ2) is 6.21. The monoisotopic (exact) mass is 245 g/mol. The smallest absolute Gasteiger partial charge is 0.122 e. The zero-order valence-corrected chi connectivity index (χ0v) is 10.6. The zero-order chi connectivity index (χ0) is 12.8. The van der Waals surface area contributed by atoms with Crippen molar-refractivity contribution in [2.75, 3.05) is 6.54 Å². The van der Waals surface area contributed by atoms with Crippen LogP contribution in [0.25, 0.3) is 0 Å². The molecular weight excluding hydrogens is 226 g/mol. The molecule has 0 aliphatic rings. The number of hydrogen-bond donors (Lipinski definition) is 2. The first-order valence-electron chi connectivity index (χ1n) is 6.28. The molecule has 4 heteroatoms. The van der Waals surface area contributed by atoms with Crippen LogP contribution < -0.4 is 5.32 Å². The normalized spacial score (nSPS) is 10.7. The predicted molar refractivity (Wildman–Crippen MR) is 71.4 cm³/mol. The molecule has 1 aromatic heterocycles. The molecule has 4 nitrogen and oxygen atoms in total. The number of aryl methyl sites for hydroxylation is 1. The fraction of sp³-hybridized carbons (Fsp3) is 0.357. The molecule has 0 aliphatic carbocycles. The Morgan fingerprint density at radius 1 is 1.28 bits per heavy atom. The van der Waals surface area contributed by atoms with Gasteiger partial charge in [0.15, 0.2) is 0 Å². The number of imidazole rings is 1. The number of phenols is 1. The average Bonchev–Trinajstić information content (AvgIpc) is 2.84. The van der Waals surface area contributed by atoms with Crippen LogP contribution >= 0.6 is 0 Å². The summed E-state index contributed by atoms with van der Waals surface area (Å²) in [5.74, 6) is 1.39. The lowest BCUT2D eigenvalue weighted by Crippen LogP contribution is -2.19. The largest absolute Gasteiger partial charge is 0.508 e. The van der Waals surface area contributed by atoms with E-state index in [4.69, 9.17) is 0 Å². The van der Waals surface area contributed by atoms with Crippen LogP contribution in [0.3, 0.4) is 0 Å². The van der Waals surface area contributed by atoms with Crippen molar-refractivity contribution in [3.05, 3.63) is 48.0 Å². The number of nitrogens with zero attached hydrogens (tertiary/aromatic N) is 2. The number of rotatable bonds is 6. The third-order valence-corrected chi connectivity index (χ3v) is 2.95. The summed E-state index contributed by atoms with van der Waals surface area (Å²) < 4.78 is 2.13. The van der Waals surface area contributed by atoms with E-state index in [1.807, 2.05) is 24.5 Å². The fourth-order valence-electron chi connectivity index (χ4n) is 1.89. The first-order valence-corrected chi connectivity index (χ1v) is 6.28. The molecule has 2 N–H and O–H groups in total. The standard InChI is InChI=1S/C14H19N3O/c1-2-17-10-9-16-14(17)11-15-8-7-12-3-5-13(18)6-4-12/h3-6,9-10,15,18H,2,7-8,11H2,1H3. The lowest BCUT2D eigenvalue weighted by molar-refractivity contribution is 0.475. The summed E-state index contributed by atoms with van der Waals surface area (Å²) in [6.45, 7) is 4.76. The van der Waals surface area contributed by atoms with Crippen molar-refractivity contribution in [1.82, 2.24) is 14.9 Å². The Hall–Kier alpha value is -1.81. The van der Waals surface area contributed by atoms with Crippen molar-refractivity contribution in [2.45, 2.75) is 26.4 Å². The van der Waals surface area contributed by atoms with Crippen molar-refractivity contribution < 1.29 is 5.11 Å². The Bertz CT molecular complexity index is 476. The minimum atomic E-state index is 0.316. The molecule has 0 unspecified atom stereocenters. The van der Waals surface area contributed by atoms with E-state index in [-0.39, 0.29) is 0 Å². The summed E-state index contributed by atoms with van der Waals surface area (Å²) in [4.78, 5) is 4.31. The zero-order valence-electron chi connectivity index (χ0n) is 10.6. The van der Waals surface area contributed by atoms with Gasteiger partial charge < -0.3 is 15.0 Å². The van der Waals surface area contributed by atoms with Gasteiger partial charge in [0, 0.05) is 18.9 Å². The molecule has 0 spiro atoms. The minimum Gasteiger partial charge on any atom is -0.508 e. The maximum absolute atomic E-state index is 9.18. The lowest BCUT2D eigenvalue weighted by Gasteiger charge is -2.07. The number of aromatic hydroxyl groups is 1. The first kappa shape index (κ1) is 12.6. The highest BCUT2D eigenvalue weighted by Gasteiger charge is 2.00. The first-order chi connectivity index (χ1) is 8.79. The third-order valence-electron chi connectivity index (χ3n) is 2.95. The SMILES string of the molecule is CCn1ccnc1CNCCc1ccc(O)cc1. The average molecular weight is 245 g/mol. The van der Waals surface area contributed by atoms with Gasteiger partial charge in [-0.25, -0.2) is 4.98 Å². The molecular formula is C14H19N3O. The molecule has 0 saturated heterocycles. The van der Waals surface area contributed by atoms with Crippen molar-refractivity contribution in [3.63, 3.8) is 0 Å². The van der Waals surface area contributed by atoms with Gasteiger partial charge in [-0.1, -0.05) is 12.1 Å². The highest BCUT2D eigenvalue weighted by molar-refractivity contribution is 5.25. The summed E-state index contributed by atoms with van der Waals surface area (Å²) in [5, 5.41) is 12.6. The molecule has 0 radical (unpaired) electrons. The number of nitrogens with one attached hydrogen (secondary N) is 1. The highest BCUT2D eigenvalue weighted by atomic mass is 16.3. The molecule has 0 aliphatic heterocycles. The van der Waals surface area contributed by atoms with Crippen LogP contribution in [-0.2, 0) is 19.5 Å². The maximum atomic E-state index is 9.18. The summed E-state index contributed by atoms with van der Waals surface area (Å²) in [5.41, 5.74) is 1.22. The fourth-order valence-corrected chi connectivity index (χ4v) is 1.89. The molecule has 2 aromatic rings. The molecule has 2 rings (SSSR count). The van der Waals surface area contributed by atoms with Gasteiger partial charge in [-0.15, -0.1) is 0 Å². The highest BCUT2D eigenvalue weighted by Crippen LogP contribution is 2.09. The van der Waals surface area contributed by atoms with Crippen molar-refractivity contribution in [2.24, 2.45) is 0 Å². The minimum absolute atomic E-state index is 0.316. The molecule has 0 saturated carbocycles. The molecule has 0 atom stereocenters. The van der Waals surface area contributed by atoms with Crippen LogP contribution in [0.5, 0.6) is 5.75 Å². The Morgan fingerprint density at radius 3 is 2.78 bits per heavy atom. The second-order valence-electron chi connectivity index (χ2n) is 4.22. The quantitative estimate of drug-likeness (QED) is 0.765. The van der Waals surface area contributed by atoms with Gasteiger partial charge in [0.1, 0.15) is 11.6 Å². The van der Waals surface area contributed by atoms with Gasteiger partial charge in [0.25, 0.3) is 0 Å². The van der Waals surface area contributed by atoms with Gasteiger partial charge in [-0.2, -0.15) is 0 Å². The van der Waals surface area contributed by atoms with E-state index in [2.05, 4.69) is 21.8 Å². The number of hydrogen-bond acceptors (Lipinski definition) is 3. The van der Waals surface area contributed by atoms with Gasteiger partial charge in [-0.3, -0.25) is 0 Å². The van der Waals surface area contributed by atoms with Gasteiger partial charge in [-0.05, 0) is 37.6 Å². The topological polar surface area (TPSA) is 50.1 Å². The third kappa shape index (κ3) is 3.34. The summed E-state index contributed by atoms with van der Waals surface area (Å²) in [6.07, 6.45) is 4.78. The molecule has 1 heterocycles. The van der Waals surface area contributed by atoms with E-state index in [9.17, 15) is 5.11 Å². The number of aromatic nitrogens is 2. The Balaban J connectivity index is 1.74. The number of phenolic OH excluding ortho intramolecular Hbond substituents is 1. The van der Waals surface area contributed by atoms with E-state index >= 15 is 0 Å². The molecule has 1 aromatic carbocycles. The van der Waals surface area contributed by atoms with Crippen LogP contribution in [-0.4, -0.2) is 21.2 Å². The van der Waals surface area contributed by atoms with Crippen molar-refractivity contribution in [1.29, 1.82) is 0 Å².